The fraction of sp³-hybridized carbons (Fsp3) is 0.391. The fourth-order valence-electron chi connectivity index (χ4n) is 3.10. The molecule has 0 heterocycles. The number of hydrogen-bond acceptors (Lipinski definition) is 4. The Bertz CT molecular complexity index is 1080. The van der Waals surface area contributed by atoms with Crippen molar-refractivity contribution in [3.63, 3.8) is 0 Å². The summed E-state index contributed by atoms with van der Waals surface area (Å²) >= 11 is 8.23. The molecule has 10 heteroatoms. The van der Waals surface area contributed by atoms with Gasteiger partial charge in [-0.15, -0.1) is 0 Å². The maximum atomic E-state index is 13.4. The Balaban J connectivity index is 2.37. The quantitative estimate of drug-likeness (QED) is 0.414. The SMILES string of the molecule is CCC(C)NC(=O)C(C)N(Cc1cccc(Cl)c1)C(=O)CN(c1ccc(I)cc1)S(C)(=O)=O. The van der Waals surface area contributed by atoms with E-state index in [2.05, 4.69) is 27.9 Å². The molecule has 2 amide bonds. The number of anilines is 1. The van der Waals surface area contributed by atoms with E-state index >= 15 is 0 Å². The Hall–Kier alpha value is -1.85. The largest absolute Gasteiger partial charge is 0.352 e. The van der Waals surface area contributed by atoms with Gasteiger partial charge in [0.1, 0.15) is 12.6 Å². The molecule has 2 aromatic carbocycles. The van der Waals surface area contributed by atoms with Gasteiger partial charge in [0.25, 0.3) is 0 Å². The summed E-state index contributed by atoms with van der Waals surface area (Å²) in [6, 6.07) is 13.0. The number of benzene rings is 2. The first-order chi connectivity index (χ1) is 15.4. The molecule has 1 N–H and O–H groups in total. The molecule has 0 spiro atoms. The third kappa shape index (κ3) is 8.15. The number of hydrogen-bond donors (Lipinski definition) is 1. The molecule has 33 heavy (non-hydrogen) atoms. The Labute approximate surface area is 214 Å². The molecule has 7 nitrogen and oxygen atoms in total. The molecule has 180 valence electrons. The summed E-state index contributed by atoms with van der Waals surface area (Å²) in [7, 11) is -3.75. The van der Waals surface area contributed by atoms with Gasteiger partial charge in [0, 0.05) is 21.2 Å². The van der Waals surface area contributed by atoms with Crippen LogP contribution in [0.2, 0.25) is 5.02 Å². The highest BCUT2D eigenvalue weighted by molar-refractivity contribution is 14.1. The second kappa shape index (κ2) is 12.0. The van der Waals surface area contributed by atoms with E-state index in [1.807, 2.05) is 13.8 Å². The zero-order valence-corrected chi connectivity index (χ0v) is 22.8. The number of carbonyl (C=O) groups excluding carboxylic acids is 2. The monoisotopic (exact) mass is 605 g/mol. The predicted molar refractivity (Wildman–Crippen MR) is 141 cm³/mol. The standard InChI is InChI=1S/C23H29ClIN3O4S/c1-5-16(2)26-23(30)17(3)27(14-18-7-6-8-19(24)13-18)22(29)15-28(33(4,31)32)21-11-9-20(25)10-12-21/h6-13,16-17H,5,14-15H2,1-4H3,(H,26,30). The summed E-state index contributed by atoms with van der Waals surface area (Å²) in [5.41, 5.74) is 1.12. The number of halogens is 2. The van der Waals surface area contributed by atoms with E-state index in [-0.39, 0.29) is 18.5 Å². The fourth-order valence-corrected chi connectivity index (χ4v) is 4.52. The average molecular weight is 606 g/mol. The Kier molecular flexibility index (Phi) is 9.99. The van der Waals surface area contributed by atoms with Crippen LogP contribution in [-0.2, 0) is 26.2 Å². The van der Waals surface area contributed by atoms with E-state index < -0.39 is 28.5 Å². The number of carbonyl (C=O) groups is 2. The van der Waals surface area contributed by atoms with Crippen LogP contribution in [0.5, 0.6) is 0 Å². The van der Waals surface area contributed by atoms with Gasteiger partial charge in [-0.05, 0) is 84.8 Å². The number of nitrogens with one attached hydrogen (secondary N) is 1. The van der Waals surface area contributed by atoms with Gasteiger partial charge in [0.2, 0.25) is 21.8 Å². The van der Waals surface area contributed by atoms with Gasteiger partial charge in [-0.25, -0.2) is 8.42 Å². The van der Waals surface area contributed by atoms with Crippen LogP contribution in [0.25, 0.3) is 0 Å². The van der Waals surface area contributed by atoms with Crippen LogP contribution in [0.1, 0.15) is 32.8 Å². The molecule has 0 aliphatic rings. The minimum Gasteiger partial charge on any atom is -0.352 e. The third-order valence-corrected chi connectivity index (χ3v) is 7.30. The first-order valence-corrected chi connectivity index (χ1v) is 13.8. The maximum absolute atomic E-state index is 13.4. The highest BCUT2D eigenvalue weighted by atomic mass is 127. The van der Waals surface area contributed by atoms with Gasteiger partial charge in [-0.3, -0.25) is 13.9 Å². The number of sulfonamides is 1. The van der Waals surface area contributed by atoms with E-state index in [1.54, 1.807) is 55.5 Å². The van der Waals surface area contributed by atoms with Crippen molar-refractivity contribution in [1.29, 1.82) is 0 Å². The van der Waals surface area contributed by atoms with Gasteiger partial charge in [-0.2, -0.15) is 0 Å². The van der Waals surface area contributed by atoms with Crippen LogP contribution in [-0.4, -0.2) is 50.0 Å². The smallest absolute Gasteiger partial charge is 0.244 e. The van der Waals surface area contributed by atoms with Crippen LogP contribution in [0, 0.1) is 3.57 Å². The van der Waals surface area contributed by atoms with Crippen LogP contribution in [0.15, 0.2) is 48.5 Å². The molecule has 0 saturated carbocycles. The summed E-state index contributed by atoms with van der Waals surface area (Å²) in [6.07, 6.45) is 1.80. The lowest BCUT2D eigenvalue weighted by molar-refractivity contribution is -0.139. The van der Waals surface area contributed by atoms with E-state index in [9.17, 15) is 18.0 Å². The lowest BCUT2D eigenvalue weighted by Crippen LogP contribution is -2.52. The number of rotatable bonds is 10. The van der Waals surface area contributed by atoms with Crippen LogP contribution < -0.4 is 9.62 Å². The zero-order valence-electron chi connectivity index (χ0n) is 19.1. The van der Waals surface area contributed by atoms with Gasteiger partial charge < -0.3 is 10.2 Å². The zero-order chi connectivity index (χ0) is 24.8. The summed E-state index contributed by atoms with van der Waals surface area (Å²) in [4.78, 5) is 27.7. The molecular formula is C23H29ClIN3O4S. The van der Waals surface area contributed by atoms with Crippen molar-refractivity contribution in [2.24, 2.45) is 0 Å². The molecule has 2 aromatic rings. The first-order valence-electron chi connectivity index (χ1n) is 10.5. The molecule has 0 bridgehead atoms. The first kappa shape index (κ1) is 27.4. The van der Waals surface area contributed by atoms with Crippen molar-refractivity contribution in [3.05, 3.63) is 62.7 Å². The van der Waals surface area contributed by atoms with Crippen molar-refractivity contribution in [1.82, 2.24) is 10.2 Å². The molecule has 0 saturated heterocycles. The molecule has 0 aliphatic carbocycles. The maximum Gasteiger partial charge on any atom is 0.244 e. The van der Waals surface area contributed by atoms with Gasteiger partial charge in [-0.1, -0.05) is 30.7 Å². The van der Waals surface area contributed by atoms with E-state index in [0.29, 0.717) is 10.7 Å². The van der Waals surface area contributed by atoms with E-state index in [4.69, 9.17) is 11.6 Å². The van der Waals surface area contributed by atoms with Crippen molar-refractivity contribution < 1.29 is 18.0 Å². The molecule has 0 aromatic heterocycles. The van der Waals surface area contributed by atoms with Crippen LogP contribution in [0.4, 0.5) is 5.69 Å². The summed E-state index contributed by atoms with van der Waals surface area (Å²) in [6.45, 7) is 5.15. The topological polar surface area (TPSA) is 86.8 Å². The van der Waals surface area contributed by atoms with Crippen LogP contribution in [0.3, 0.4) is 0 Å². The van der Waals surface area contributed by atoms with Crippen molar-refractivity contribution in [3.8, 4) is 0 Å². The minimum absolute atomic E-state index is 0.0534. The highest BCUT2D eigenvalue weighted by Gasteiger charge is 2.30. The lowest BCUT2D eigenvalue weighted by atomic mass is 10.1. The second-order valence-electron chi connectivity index (χ2n) is 7.89. The Morgan fingerprint density at radius 1 is 1.12 bits per heavy atom. The minimum atomic E-state index is -3.75. The van der Waals surface area contributed by atoms with Crippen molar-refractivity contribution in [2.45, 2.75) is 45.8 Å². The third-order valence-electron chi connectivity index (χ3n) is 5.20. The van der Waals surface area contributed by atoms with Crippen molar-refractivity contribution >= 4 is 61.7 Å². The van der Waals surface area contributed by atoms with Crippen LogP contribution >= 0.6 is 34.2 Å². The molecule has 2 atom stereocenters. The Morgan fingerprint density at radius 3 is 2.30 bits per heavy atom. The molecule has 0 aliphatic heterocycles. The highest BCUT2D eigenvalue weighted by Crippen LogP contribution is 2.21. The normalized spacial score (nSPS) is 13.2. The average Bonchev–Trinajstić information content (AvgIpc) is 2.75. The Morgan fingerprint density at radius 2 is 1.76 bits per heavy atom. The summed E-state index contributed by atoms with van der Waals surface area (Å²) < 4.78 is 27.0. The van der Waals surface area contributed by atoms with Gasteiger partial charge >= 0.3 is 0 Å². The number of nitrogens with zero attached hydrogens (tertiary/aromatic N) is 2. The molecule has 0 fully saturated rings. The predicted octanol–water partition coefficient (Wildman–Crippen LogP) is 4.04. The van der Waals surface area contributed by atoms with Gasteiger partial charge in [0.05, 0.1) is 11.9 Å². The summed E-state index contributed by atoms with van der Waals surface area (Å²) in [5.74, 6) is -0.800. The summed E-state index contributed by atoms with van der Waals surface area (Å²) in [5, 5.41) is 3.40. The van der Waals surface area contributed by atoms with Crippen molar-refractivity contribution in [2.75, 3.05) is 17.1 Å². The molecular weight excluding hydrogens is 577 g/mol. The lowest BCUT2D eigenvalue weighted by Gasteiger charge is -2.32. The van der Waals surface area contributed by atoms with Gasteiger partial charge in [0.15, 0.2) is 0 Å². The van der Waals surface area contributed by atoms with E-state index in [1.165, 1.54) is 4.90 Å². The molecule has 0 radical (unpaired) electrons. The molecule has 2 rings (SSSR count). The second-order valence-corrected chi connectivity index (χ2v) is 11.5. The van der Waals surface area contributed by atoms with E-state index in [0.717, 1.165) is 26.1 Å². The molecule has 2 unspecified atom stereocenters. The number of amides is 2.